The molecule has 21 heavy (non-hydrogen) atoms. The number of hydrogen-bond acceptors (Lipinski definition) is 6. The molecule has 0 atom stereocenters. The fourth-order valence-corrected chi connectivity index (χ4v) is 3.20. The maximum atomic E-state index is 11.5. The summed E-state index contributed by atoms with van der Waals surface area (Å²) >= 11 is 1.06. The molecule has 1 rings (SSSR count). The number of amides is 2. The van der Waals surface area contributed by atoms with Crippen LogP contribution in [0.4, 0.5) is 10.7 Å². The minimum absolute atomic E-state index is 0.0376. The Bertz CT molecular complexity index is 551. The second-order valence-corrected chi connectivity index (χ2v) is 7.05. The van der Waals surface area contributed by atoms with Crippen molar-refractivity contribution in [1.82, 2.24) is 4.90 Å². The molecule has 8 heteroatoms. The maximum Gasteiger partial charge on any atom is 0.260 e. The first-order valence-electron chi connectivity index (χ1n) is 6.45. The van der Waals surface area contributed by atoms with E-state index in [1.165, 1.54) is 0 Å². The van der Waals surface area contributed by atoms with Gasteiger partial charge in [0.1, 0.15) is 9.88 Å². The normalized spacial score (nSPS) is 11.7. The lowest BCUT2D eigenvalue weighted by Gasteiger charge is -2.28. The Morgan fingerprint density at radius 3 is 2.24 bits per heavy atom. The molecule has 118 valence electrons. The van der Waals surface area contributed by atoms with Crippen molar-refractivity contribution >= 4 is 33.8 Å². The van der Waals surface area contributed by atoms with Crippen molar-refractivity contribution in [2.24, 2.45) is 16.9 Å². The lowest BCUT2D eigenvalue weighted by atomic mass is 9.93. The fourth-order valence-electron chi connectivity index (χ4n) is 2.23. The Labute approximate surface area is 128 Å². The molecule has 0 unspecified atom stereocenters. The maximum absolute atomic E-state index is 11.5. The zero-order chi connectivity index (χ0) is 16.4. The van der Waals surface area contributed by atoms with Gasteiger partial charge < -0.3 is 27.4 Å². The summed E-state index contributed by atoms with van der Waals surface area (Å²) in [7, 11) is 3.98. The van der Waals surface area contributed by atoms with Crippen LogP contribution in [-0.2, 0) is 0 Å². The molecule has 0 aliphatic heterocycles. The van der Waals surface area contributed by atoms with Crippen molar-refractivity contribution in [2.75, 3.05) is 38.2 Å². The quantitative estimate of drug-likeness (QED) is 0.584. The molecule has 0 radical (unpaired) electrons. The molecule has 1 heterocycles. The van der Waals surface area contributed by atoms with Gasteiger partial charge in [-0.15, -0.1) is 11.3 Å². The summed E-state index contributed by atoms with van der Waals surface area (Å²) in [5.41, 5.74) is 16.5. The lowest BCUT2D eigenvalue weighted by Crippen LogP contribution is -2.34. The van der Waals surface area contributed by atoms with Gasteiger partial charge in [0, 0.05) is 13.1 Å². The molecule has 2 amide bonds. The van der Waals surface area contributed by atoms with Gasteiger partial charge in [-0.2, -0.15) is 0 Å². The van der Waals surface area contributed by atoms with Crippen molar-refractivity contribution in [3.8, 4) is 0 Å². The van der Waals surface area contributed by atoms with Crippen molar-refractivity contribution in [3.05, 3.63) is 10.4 Å². The third-order valence-electron chi connectivity index (χ3n) is 2.89. The lowest BCUT2D eigenvalue weighted by molar-refractivity contribution is 0.0999. The minimum atomic E-state index is -0.677. The van der Waals surface area contributed by atoms with Gasteiger partial charge in [0.05, 0.1) is 11.3 Å². The van der Waals surface area contributed by atoms with Gasteiger partial charge in [-0.25, -0.2) is 0 Å². The number of rotatable bonds is 7. The van der Waals surface area contributed by atoms with Crippen LogP contribution in [0.5, 0.6) is 0 Å². The van der Waals surface area contributed by atoms with E-state index in [-0.39, 0.29) is 21.5 Å². The number of thiophene rings is 1. The van der Waals surface area contributed by atoms with Gasteiger partial charge in [-0.3, -0.25) is 9.59 Å². The summed E-state index contributed by atoms with van der Waals surface area (Å²) in [6, 6.07) is 0. The summed E-state index contributed by atoms with van der Waals surface area (Å²) in [5.74, 6) is -1.34. The zero-order valence-electron chi connectivity index (χ0n) is 12.8. The van der Waals surface area contributed by atoms with Gasteiger partial charge in [0.15, 0.2) is 0 Å². The van der Waals surface area contributed by atoms with E-state index in [9.17, 15) is 9.59 Å². The van der Waals surface area contributed by atoms with Crippen LogP contribution in [0, 0.1) is 5.41 Å². The van der Waals surface area contributed by atoms with E-state index in [4.69, 9.17) is 17.2 Å². The van der Waals surface area contributed by atoms with Crippen molar-refractivity contribution in [1.29, 1.82) is 0 Å². The molecule has 0 aliphatic carbocycles. The van der Waals surface area contributed by atoms with Gasteiger partial charge in [-0.05, 0) is 19.5 Å². The standard InChI is InChI=1S/C13H23N5O2S/c1-13(2,6-18(3)4)5-17-12-7(10(15)19)8(14)9(21-12)11(16)20/h17H,5-6,14H2,1-4H3,(H2,15,19)(H2,16,20). The van der Waals surface area contributed by atoms with Crippen LogP contribution in [0.3, 0.4) is 0 Å². The molecule has 0 saturated carbocycles. The Kier molecular flexibility index (Phi) is 5.19. The molecule has 0 aromatic carbocycles. The van der Waals surface area contributed by atoms with E-state index < -0.39 is 11.8 Å². The first kappa shape index (κ1) is 17.3. The highest BCUT2D eigenvalue weighted by atomic mass is 32.1. The molecular weight excluding hydrogens is 290 g/mol. The summed E-state index contributed by atoms with van der Waals surface area (Å²) in [6.07, 6.45) is 0. The van der Waals surface area contributed by atoms with Crippen LogP contribution >= 0.6 is 11.3 Å². The predicted molar refractivity (Wildman–Crippen MR) is 86.6 cm³/mol. The number of carbonyl (C=O) groups is 2. The zero-order valence-corrected chi connectivity index (χ0v) is 13.6. The van der Waals surface area contributed by atoms with Gasteiger partial charge in [-0.1, -0.05) is 13.8 Å². The predicted octanol–water partition coefficient (Wildman–Crippen LogP) is 0.528. The third-order valence-corrected chi connectivity index (χ3v) is 4.06. The molecule has 0 bridgehead atoms. The number of hydrogen-bond donors (Lipinski definition) is 4. The van der Waals surface area contributed by atoms with Crippen LogP contribution in [0.2, 0.25) is 0 Å². The highest BCUT2D eigenvalue weighted by Crippen LogP contribution is 2.35. The Morgan fingerprint density at radius 1 is 1.24 bits per heavy atom. The summed E-state index contributed by atoms with van der Waals surface area (Å²) in [5, 5.41) is 3.65. The van der Waals surface area contributed by atoms with E-state index in [0.29, 0.717) is 11.5 Å². The van der Waals surface area contributed by atoms with E-state index in [1.54, 1.807) is 0 Å². The number of carbonyl (C=O) groups excluding carboxylic acids is 2. The summed E-state index contributed by atoms with van der Waals surface area (Å²) in [4.78, 5) is 25.1. The molecule has 7 nitrogen and oxygen atoms in total. The number of primary amides is 2. The number of nitrogen functional groups attached to an aromatic ring is 1. The second kappa shape index (κ2) is 6.31. The van der Waals surface area contributed by atoms with Crippen molar-refractivity contribution in [2.45, 2.75) is 13.8 Å². The van der Waals surface area contributed by atoms with Crippen LogP contribution in [-0.4, -0.2) is 43.9 Å². The van der Waals surface area contributed by atoms with E-state index in [2.05, 4.69) is 24.1 Å². The average molecular weight is 313 g/mol. The Balaban J connectivity index is 3.01. The van der Waals surface area contributed by atoms with E-state index in [0.717, 1.165) is 17.9 Å². The number of nitrogens with one attached hydrogen (secondary N) is 1. The first-order chi connectivity index (χ1) is 9.55. The molecule has 0 saturated heterocycles. The first-order valence-corrected chi connectivity index (χ1v) is 7.27. The number of nitrogens with zero attached hydrogens (tertiary/aromatic N) is 1. The molecule has 7 N–H and O–H groups in total. The second-order valence-electron chi connectivity index (χ2n) is 6.03. The number of anilines is 2. The van der Waals surface area contributed by atoms with E-state index in [1.807, 2.05) is 14.1 Å². The Morgan fingerprint density at radius 2 is 1.81 bits per heavy atom. The highest BCUT2D eigenvalue weighted by molar-refractivity contribution is 7.19. The largest absolute Gasteiger partial charge is 0.397 e. The molecule has 0 aliphatic rings. The molecule has 0 spiro atoms. The average Bonchev–Trinajstić information content (AvgIpc) is 2.62. The monoisotopic (exact) mass is 313 g/mol. The Hall–Kier alpha value is -1.80. The minimum Gasteiger partial charge on any atom is -0.397 e. The fraction of sp³-hybridized carbons (Fsp3) is 0.538. The van der Waals surface area contributed by atoms with Crippen LogP contribution in [0.25, 0.3) is 0 Å². The summed E-state index contributed by atoms with van der Waals surface area (Å²) < 4.78 is 0. The van der Waals surface area contributed by atoms with Crippen molar-refractivity contribution in [3.63, 3.8) is 0 Å². The third kappa shape index (κ3) is 4.33. The molecular formula is C13H23N5O2S. The SMILES string of the molecule is CN(C)CC(C)(C)CNc1sc(C(N)=O)c(N)c1C(N)=O. The molecule has 0 fully saturated rings. The smallest absolute Gasteiger partial charge is 0.260 e. The highest BCUT2D eigenvalue weighted by Gasteiger charge is 2.25. The van der Waals surface area contributed by atoms with Gasteiger partial charge >= 0.3 is 0 Å². The topological polar surface area (TPSA) is 127 Å². The molecule has 1 aromatic heterocycles. The van der Waals surface area contributed by atoms with Crippen LogP contribution in [0.1, 0.15) is 33.9 Å². The summed E-state index contributed by atoms with van der Waals surface area (Å²) in [6.45, 7) is 5.64. The van der Waals surface area contributed by atoms with Crippen molar-refractivity contribution < 1.29 is 9.59 Å². The van der Waals surface area contributed by atoms with E-state index >= 15 is 0 Å². The van der Waals surface area contributed by atoms with Crippen LogP contribution in [0.15, 0.2) is 0 Å². The molecule has 1 aromatic rings. The number of nitrogens with two attached hydrogens (primary N) is 3. The van der Waals surface area contributed by atoms with Gasteiger partial charge in [0.25, 0.3) is 11.8 Å². The van der Waals surface area contributed by atoms with Crippen LogP contribution < -0.4 is 22.5 Å². The van der Waals surface area contributed by atoms with Gasteiger partial charge in [0.2, 0.25) is 0 Å².